The number of aromatic amines is 1. The second-order valence-corrected chi connectivity index (χ2v) is 8.22. The molecule has 2 saturated heterocycles. The van der Waals surface area contributed by atoms with Crippen molar-refractivity contribution in [2.24, 2.45) is 11.8 Å². The minimum absolute atomic E-state index is 0.00863. The van der Waals surface area contributed by atoms with Crippen LogP contribution in [0.2, 0.25) is 0 Å². The number of alkyl halides is 3. The second kappa shape index (κ2) is 7.42. The van der Waals surface area contributed by atoms with Crippen molar-refractivity contribution in [1.29, 1.82) is 0 Å². The van der Waals surface area contributed by atoms with Crippen molar-refractivity contribution in [2.75, 3.05) is 38.1 Å². The van der Waals surface area contributed by atoms with Crippen LogP contribution in [0, 0.1) is 11.8 Å². The number of urea groups is 1. The van der Waals surface area contributed by atoms with Crippen molar-refractivity contribution >= 4 is 22.8 Å². The summed E-state index contributed by atoms with van der Waals surface area (Å²) in [6.45, 7) is 3.17. The minimum Gasteiger partial charge on any atom is -0.369 e. The Kier molecular flexibility index (Phi) is 5.08. The quantitative estimate of drug-likeness (QED) is 0.823. The summed E-state index contributed by atoms with van der Waals surface area (Å²) in [5, 5.41) is 1.01. The van der Waals surface area contributed by atoms with Gasteiger partial charge in [0, 0.05) is 62.7 Å². The molecule has 2 aromatic heterocycles. The maximum atomic E-state index is 13.0. The van der Waals surface area contributed by atoms with Crippen LogP contribution in [0.3, 0.4) is 0 Å². The number of hydrogen-bond donors (Lipinski definition) is 1. The first kappa shape index (κ1) is 19.8. The summed E-state index contributed by atoms with van der Waals surface area (Å²) in [6, 6.07) is 3.74. The molecule has 2 amide bonds. The van der Waals surface area contributed by atoms with Crippen LogP contribution in [0.25, 0.3) is 11.0 Å². The molecule has 4 rings (SSSR count). The predicted octanol–water partition coefficient (Wildman–Crippen LogP) is 3.71. The highest BCUT2D eigenvalue weighted by molar-refractivity contribution is 5.89. The number of carbonyl (C=O) groups excluding carboxylic acids is 1. The number of amides is 2. The molecule has 0 aromatic carbocycles. The number of piperidine rings is 1. The third-order valence-electron chi connectivity index (χ3n) is 6.43. The second-order valence-electron chi connectivity index (χ2n) is 8.22. The van der Waals surface area contributed by atoms with Crippen molar-refractivity contribution in [3.63, 3.8) is 0 Å². The number of rotatable bonds is 2. The SMILES string of the molecule is C[C@@H]1CCN(C(=O)N2CCC(C(F)(F)F)C2)CC1N(C)c1ccnc2[nH]ccc12. The van der Waals surface area contributed by atoms with Crippen LogP contribution in [-0.2, 0) is 0 Å². The number of hydrogen-bond acceptors (Lipinski definition) is 3. The molecule has 29 heavy (non-hydrogen) atoms. The first-order valence-electron chi connectivity index (χ1n) is 10.0. The first-order chi connectivity index (χ1) is 13.8. The smallest absolute Gasteiger partial charge is 0.369 e. The van der Waals surface area contributed by atoms with E-state index >= 15 is 0 Å². The van der Waals surface area contributed by atoms with Crippen LogP contribution in [0.1, 0.15) is 19.8 Å². The Labute approximate surface area is 167 Å². The summed E-state index contributed by atoms with van der Waals surface area (Å²) in [5.41, 5.74) is 1.83. The van der Waals surface area contributed by atoms with Gasteiger partial charge in [0.15, 0.2) is 0 Å². The Bertz CT molecular complexity index is 882. The zero-order valence-corrected chi connectivity index (χ0v) is 16.6. The number of carbonyl (C=O) groups is 1. The molecule has 0 aliphatic carbocycles. The van der Waals surface area contributed by atoms with Gasteiger partial charge in [-0.1, -0.05) is 6.92 Å². The summed E-state index contributed by atoms with van der Waals surface area (Å²) in [6.07, 6.45) is 0.170. The zero-order chi connectivity index (χ0) is 20.8. The van der Waals surface area contributed by atoms with E-state index in [9.17, 15) is 18.0 Å². The highest BCUT2D eigenvalue weighted by atomic mass is 19.4. The third-order valence-corrected chi connectivity index (χ3v) is 6.43. The van der Waals surface area contributed by atoms with E-state index in [0.29, 0.717) is 19.0 Å². The molecule has 4 heterocycles. The fourth-order valence-electron chi connectivity index (χ4n) is 4.56. The molecule has 0 spiro atoms. The number of fused-ring (bicyclic) bond motifs is 1. The number of likely N-dealkylation sites (tertiary alicyclic amines) is 2. The first-order valence-corrected chi connectivity index (χ1v) is 10.0. The average molecular weight is 409 g/mol. The van der Waals surface area contributed by atoms with E-state index in [1.54, 1.807) is 11.1 Å². The molecule has 0 bridgehead atoms. The van der Waals surface area contributed by atoms with Gasteiger partial charge >= 0.3 is 12.2 Å². The van der Waals surface area contributed by atoms with Gasteiger partial charge in [-0.05, 0) is 30.9 Å². The lowest BCUT2D eigenvalue weighted by atomic mass is 9.92. The van der Waals surface area contributed by atoms with Crippen molar-refractivity contribution in [1.82, 2.24) is 19.8 Å². The molecular formula is C20H26F3N5O. The summed E-state index contributed by atoms with van der Waals surface area (Å²) >= 11 is 0. The van der Waals surface area contributed by atoms with Crippen LogP contribution in [-0.4, -0.2) is 71.2 Å². The lowest BCUT2D eigenvalue weighted by molar-refractivity contribution is -0.170. The topological polar surface area (TPSA) is 55.5 Å². The van der Waals surface area contributed by atoms with Gasteiger partial charge in [0.05, 0.1) is 5.92 Å². The van der Waals surface area contributed by atoms with Crippen molar-refractivity contribution < 1.29 is 18.0 Å². The number of nitrogens with zero attached hydrogens (tertiary/aromatic N) is 4. The molecule has 1 N–H and O–H groups in total. The number of H-pyrrole nitrogens is 1. The maximum Gasteiger partial charge on any atom is 0.393 e. The zero-order valence-electron chi connectivity index (χ0n) is 16.6. The summed E-state index contributed by atoms with van der Waals surface area (Å²) in [5.74, 6) is -1.06. The van der Waals surface area contributed by atoms with E-state index < -0.39 is 12.1 Å². The molecule has 2 aromatic rings. The number of aromatic nitrogens is 2. The van der Waals surface area contributed by atoms with E-state index in [1.165, 1.54) is 4.90 Å². The average Bonchev–Trinajstić information content (AvgIpc) is 3.36. The van der Waals surface area contributed by atoms with E-state index in [0.717, 1.165) is 23.1 Å². The molecule has 2 aliphatic heterocycles. The van der Waals surface area contributed by atoms with Gasteiger partial charge in [-0.25, -0.2) is 9.78 Å². The Hall–Kier alpha value is -2.45. The monoisotopic (exact) mass is 409 g/mol. The molecule has 0 radical (unpaired) electrons. The van der Waals surface area contributed by atoms with Gasteiger partial charge in [0.1, 0.15) is 5.65 Å². The van der Waals surface area contributed by atoms with Crippen LogP contribution >= 0.6 is 0 Å². The Morgan fingerprint density at radius 1 is 1.21 bits per heavy atom. The van der Waals surface area contributed by atoms with Crippen LogP contribution < -0.4 is 4.90 Å². The van der Waals surface area contributed by atoms with Gasteiger partial charge in [0.2, 0.25) is 0 Å². The molecule has 9 heteroatoms. The molecule has 3 atom stereocenters. The number of anilines is 1. The van der Waals surface area contributed by atoms with Crippen LogP contribution in [0.4, 0.5) is 23.7 Å². The normalized spacial score (nSPS) is 25.6. The maximum absolute atomic E-state index is 13.0. The molecule has 0 saturated carbocycles. The Morgan fingerprint density at radius 2 is 1.93 bits per heavy atom. The van der Waals surface area contributed by atoms with Gasteiger partial charge in [-0.15, -0.1) is 0 Å². The molecule has 2 aliphatic rings. The highest BCUT2D eigenvalue weighted by Crippen LogP contribution is 2.35. The molecule has 2 unspecified atom stereocenters. The number of nitrogens with one attached hydrogen (secondary N) is 1. The van der Waals surface area contributed by atoms with Gasteiger partial charge in [-0.2, -0.15) is 13.2 Å². The summed E-state index contributed by atoms with van der Waals surface area (Å²) in [7, 11) is 2.01. The van der Waals surface area contributed by atoms with Crippen LogP contribution in [0.5, 0.6) is 0 Å². The van der Waals surface area contributed by atoms with Gasteiger partial charge in [0.25, 0.3) is 0 Å². The van der Waals surface area contributed by atoms with E-state index in [4.69, 9.17) is 0 Å². The van der Waals surface area contributed by atoms with Crippen molar-refractivity contribution in [3.05, 3.63) is 24.5 Å². The lowest BCUT2D eigenvalue weighted by Gasteiger charge is -2.43. The molecule has 6 nitrogen and oxygen atoms in total. The van der Waals surface area contributed by atoms with E-state index in [-0.39, 0.29) is 31.6 Å². The third kappa shape index (κ3) is 3.74. The van der Waals surface area contributed by atoms with Crippen molar-refractivity contribution in [3.8, 4) is 0 Å². The Morgan fingerprint density at radius 3 is 2.66 bits per heavy atom. The van der Waals surface area contributed by atoms with E-state index in [1.807, 2.05) is 25.4 Å². The predicted molar refractivity (Wildman–Crippen MR) is 105 cm³/mol. The van der Waals surface area contributed by atoms with Gasteiger partial charge < -0.3 is 19.7 Å². The molecule has 2 fully saturated rings. The van der Waals surface area contributed by atoms with Gasteiger partial charge in [-0.3, -0.25) is 0 Å². The molecular weight excluding hydrogens is 383 g/mol. The minimum atomic E-state index is -4.24. The molecule has 158 valence electrons. The van der Waals surface area contributed by atoms with Crippen LogP contribution in [0.15, 0.2) is 24.5 Å². The Balaban J connectivity index is 1.48. The fraction of sp³-hybridized carbons (Fsp3) is 0.600. The highest BCUT2D eigenvalue weighted by Gasteiger charge is 2.45. The number of pyridine rings is 1. The van der Waals surface area contributed by atoms with Crippen molar-refractivity contribution in [2.45, 2.75) is 32.0 Å². The fourth-order valence-corrected chi connectivity index (χ4v) is 4.56. The summed E-state index contributed by atoms with van der Waals surface area (Å²) in [4.78, 5) is 25.6. The number of halogens is 3. The summed E-state index contributed by atoms with van der Waals surface area (Å²) < 4.78 is 38.9. The standard InChI is InChI=1S/C20H26F3N5O/c1-13-5-9-28(19(29)27-10-6-14(11-27)20(21,22)23)12-17(13)26(2)16-4-8-25-18-15(16)3-7-24-18/h3-4,7-8,13-14,17H,5-6,9-12H2,1-2H3,(H,24,25)/t13-,14?,17?/m1/s1. The lowest BCUT2D eigenvalue weighted by Crippen LogP contribution is -2.55. The number of likely N-dealkylation sites (N-methyl/N-ethyl adjacent to an activating group) is 1. The largest absolute Gasteiger partial charge is 0.393 e. The van der Waals surface area contributed by atoms with E-state index in [2.05, 4.69) is 21.8 Å².